The van der Waals surface area contributed by atoms with Crippen molar-refractivity contribution >= 4 is 28.7 Å². The largest absolute Gasteiger partial charge is 0.326 e. The van der Waals surface area contributed by atoms with Crippen LogP contribution in [0.5, 0.6) is 0 Å². The summed E-state index contributed by atoms with van der Waals surface area (Å²) in [5.74, 6) is -0.253. The Hall–Kier alpha value is -1.82. The Morgan fingerprint density at radius 3 is 2.83 bits per heavy atom. The van der Waals surface area contributed by atoms with Crippen LogP contribution >= 0.6 is 23.2 Å². The highest BCUT2D eigenvalue weighted by atomic mass is 35.5. The molecule has 0 amide bonds. The lowest BCUT2D eigenvalue weighted by Crippen LogP contribution is -2.12. The summed E-state index contributed by atoms with van der Waals surface area (Å²) in [6.07, 6.45) is 2.08. The molecule has 2 heterocycles. The molecule has 0 unspecified atom stereocenters. The molecule has 7 heteroatoms. The van der Waals surface area contributed by atoms with Crippen molar-refractivity contribution in [3.05, 3.63) is 73.6 Å². The summed E-state index contributed by atoms with van der Waals surface area (Å²) in [7, 11) is 1.76. The molecule has 0 saturated carbocycles. The Kier molecular flexibility index (Phi) is 4.43. The van der Waals surface area contributed by atoms with Gasteiger partial charge in [-0.25, -0.2) is 4.39 Å². The van der Waals surface area contributed by atoms with E-state index in [2.05, 4.69) is 10.3 Å². The van der Waals surface area contributed by atoms with Crippen LogP contribution in [0.2, 0.25) is 10.2 Å². The third-order valence-electron chi connectivity index (χ3n) is 3.65. The summed E-state index contributed by atoms with van der Waals surface area (Å²) in [5, 5.41) is 3.55. The van der Waals surface area contributed by atoms with Gasteiger partial charge in [-0.3, -0.25) is 9.20 Å². The Morgan fingerprint density at radius 2 is 2.09 bits per heavy atom. The van der Waals surface area contributed by atoms with Crippen LogP contribution in [-0.2, 0) is 13.0 Å². The normalized spacial score (nSPS) is 11.3. The molecule has 2 N–H and O–H groups in total. The monoisotopic (exact) mass is 353 g/mol. The smallest absolute Gasteiger partial charge is 0.272 e. The van der Waals surface area contributed by atoms with Gasteiger partial charge in [0.15, 0.2) is 0 Å². The first-order valence-corrected chi connectivity index (χ1v) is 7.75. The van der Waals surface area contributed by atoms with E-state index in [1.165, 1.54) is 12.1 Å². The lowest BCUT2D eigenvalue weighted by Gasteiger charge is -2.09. The zero-order valence-electron chi connectivity index (χ0n) is 12.3. The second-order valence-corrected chi connectivity index (χ2v) is 6.01. The number of nitrogens with zero attached hydrogens (tertiary/aromatic N) is 1. The molecule has 2 aromatic heterocycles. The number of nitrogens with one attached hydrogen (secondary N) is 2. The minimum absolute atomic E-state index is 0.253. The molecule has 0 fully saturated rings. The van der Waals surface area contributed by atoms with Crippen molar-refractivity contribution in [2.45, 2.75) is 13.0 Å². The van der Waals surface area contributed by atoms with E-state index in [9.17, 15) is 9.18 Å². The number of fused-ring (bicyclic) bond motifs is 1. The molecule has 0 saturated heterocycles. The molecular formula is C16H14Cl2FN3O. The van der Waals surface area contributed by atoms with Gasteiger partial charge in [0.05, 0.1) is 5.02 Å². The molecule has 0 aliphatic heterocycles. The van der Waals surface area contributed by atoms with Gasteiger partial charge in [-0.15, -0.1) is 0 Å². The fourth-order valence-corrected chi connectivity index (χ4v) is 3.04. The van der Waals surface area contributed by atoms with Crippen molar-refractivity contribution in [3.63, 3.8) is 0 Å². The molecule has 0 atom stereocenters. The topological polar surface area (TPSA) is 49.3 Å². The lowest BCUT2D eigenvalue weighted by molar-refractivity contribution is 0.600. The van der Waals surface area contributed by atoms with Gasteiger partial charge < -0.3 is 10.3 Å². The molecule has 0 bridgehead atoms. The van der Waals surface area contributed by atoms with Gasteiger partial charge >= 0.3 is 0 Å². The first-order valence-electron chi connectivity index (χ1n) is 7.00. The number of aromatic nitrogens is 2. The minimum Gasteiger partial charge on any atom is -0.326 e. The highest BCUT2D eigenvalue weighted by Gasteiger charge is 2.13. The minimum atomic E-state index is -0.266. The fourth-order valence-electron chi connectivity index (χ4n) is 2.60. The molecule has 0 aliphatic rings. The summed E-state index contributed by atoms with van der Waals surface area (Å²) in [5.41, 5.74) is 2.37. The number of benzene rings is 1. The standard InChI is InChI=1S/C16H14Cl2FN3O/c1-20-7-10-4-9(2-3-13(10)19)5-11-8-21-16(23)14-6-12(17)15(18)22(11)14/h2-4,6,8,20H,5,7H2,1H3,(H,21,23). The average molecular weight is 354 g/mol. The van der Waals surface area contributed by atoms with Crippen molar-refractivity contribution in [2.75, 3.05) is 7.05 Å². The zero-order chi connectivity index (χ0) is 16.6. The first kappa shape index (κ1) is 16.1. The molecule has 4 nitrogen and oxygen atoms in total. The molecule has 0 radical (unpaired) electrons. The number of hydrogen-bond acceptors (Lipinski definition) is 2. The maximum Gasteiger partial charge on any atom is 0.272 e. The predicted molar refractivity (Wildman–Crippen MR) is 90.0 cm³/mol. The molecular weight excluding hydrogens is 340 g/mol. The number of aromatic amines is 1. The number of hydrogen-bond donors (Lipinski definition) is 2. The van der Waals surface area contributed by atoms with Gasteiger partial charge in [-0.1, -0.05) is 35.3 Å². The molecule has 1 aromatic carbocycles. The Balaban J connectivity index is 2.07. The van der Waals surface area contributed by atoms with Crippen LogP contribution in [0, 0.1) is 5.82 Å². The molecule has 0 spiro atoms. The van der Waals surface area contributed by atoms with Gasteiger partial charge in [0.2, 0.25) is 0 Å². The third-order valence-corrected chi connectivity index (χ3v) is 4.41. The van der Waals surface area contributed by atoms with Gasteiger partial charge in [0.25, 0.3) is 5.56 Å². The Bertz CT molecular complexity index is 933. The maximum absolute atomic E-state index is 13.7. The van der Waals surface area contributed by atoms with Crippen LogP contribution in [0.1, 0.15) is 16.8 Å². The van der Waals surface area contributed by atoms with E-state index in [4.69, 9.17) is 23.2 Å². The van der Waals surface area contributed by atoms with Crippen molar-refractivity contribution < 1.29 is 4.39 Å². The Morgan fingerprint density at radius 1 is 1.30 bits per heavy atom. The van der Waals surface area contributed by atoms with E-state index in [0.29, 0.717) is 34.2 Å². The summed E-state index contributed by atoms with van der Waals surface area (Å²) in [4.78, 5) is 14.6. The van der Waals surface area contributed by atoms with E-state index in [0.717, 1.165) is 11.3 Å². The second kappa shape index (κ2) is 6.35. The molecule has 0 aliphatic carbocycles. The third kappa shape index (κ3) is 3.00. The van der Waals surface area contributed by atoms with Crippen molar-refractivity contribution in [1.82, 2.24) is 14.7 Å². The van der Waals surface area contributed by atoms with Crippen LogP contribution in [-0.4, -0.2) is 16.4 Å². The van der Waals surface area contributed by atoms with E-state index >= 15 is 0 Å². The van der Waals surface area contributed by atoms with Crippen LogP contribution in [0.15, 0.2) is 35.3 Å². The first-order chi connectivity index (χ1) is 11.0. The molecule has 23 heavy (non-hydrogen) atoms. The molecule has 3 rings (SSSR count). The predicted octanol–water partition coefficient (Wildman–Crippen LogP) is 3.38. The lowest BCUT2D eigenvalue weighted by atomic mass is 10.1. The number of halogens is 3. The van der Waals surface area contributed by atoms with Crippen LogP contribution in [0.25, 0.3) is 5.52 Å². The number of H-pyrrole nitrogens is 1. The molecule has 3 aromatic rings. The second-order valence-electron chi connectivity index (χ2n) is 5.25. The van der Waals surface area contributed by atoms with Crippen molar-refractivity contribution in [3.8, 4) is 0 Å². The summed E-state index contributed by atoms with van der Waals surface area (Å²) < 4.78 is 15.4. The summed E-state index contributed by atoms with van der Waals surface area (Å²) in [6, 6.07) is 6.48. The van der Waals surface area contributed by atoms with Crippen molar-refractivity contribution in [2.24, 2.45) is 0 Å². The van der Waals surface area contributed by atoms with Gasteiger partial charge in [0.1, 0.15) is 16.5 Å². The zero-order valence-corrected chi connectivity index (χ0v) is 13.8. The van der Waals surface area contributed by atoms with Crippen LogP contribution in [0.4, 0.5) is 4.39 Å². The van der Waals surface area contributed by atoms with Crippen LogP contribution in [0.3, 0.4) is 0 Å². The summed E-state index contributed by atoms with van der Waals surface area (Å²) in [6.45, 7) is 0.441. The van der Waals surface area contributed by atoms with E-state index in [1.54, 1.807) is 29.8 Å². The van der Waals surface area contributed by atoms with Gasteiger partial charge in [-0.2, -0.15) is 0 Å². The van der Waals surface area contributed by atoms with E-state index in [1.807, 2.05) is 0 Å². The molecule has 120 valence electrons. The quantitative estimate of drug-likeness (QED) is 0.755. The maximum atomic E-state index is 13.7. The van der Waals surface area contributed by atoms with Crippen LogP contribution < -0.4 is 10.9 Å². The summed E-state index contributed by atoms with van der Waals surface area (Å²) >= 11 is 12.2. The highest BCUT2D eigenvalue weighted by molar-refractivity contribution is 6.42. The van der Waals surface area contributed by atoms with Crippen molar-refractivity contribution in [1.29, 1.82) is 0 Å². The average Bonchev–Trinajstić information content (AvgIpc) is 2.83. The van der Waals surface area contributed by atoms with Gasteiger partial charge in [-0.05, 0) is 24.7 Å². The number of rotatable bonds is 4. The van der Waals surface area contributed by atoms with E-state index < -0.39 is 0 Å². The fraction of sp³-hybridized carbons (Fsp3) is 0.188. The SMILES string of the molecule is CNCc1cc(Cc2c[nH]c(=O)c3cc(Cl)c(Cl)n23)ccc1F. The Labute approximate surface area is 141 Å². The van der Waals surface area contributed by atoms with E-state index in [-0.39, 0.29) is 11.4 Å². The van der Waals surface area contributed by atoms with Gasteiger partial charge in [0, 0.05) is 30.4 Å². The highest BCUT2D eigenvalue weighted by Crippen LogP contribution is 2.26.